The quantitative estimate of drug-likeness (QED) is 0.247. The molecule has 0 atom stereocenters. The molecule has 0 aliphatic carbocycles. The van der Waals surface area contributed by atoms with Crippen molar-refractivity contribution in [3.8, 4) is 0 Å². The first-order valence-electron chi connectivity index (χ1n) is 3.63. The first kappa shape index (κ1) is 9.15. The van der Waals surface area contributed by atoms with Gasteiger partial charge in [0.05, 0.1) is 0 Å². The van der Waals surface area contributed by atoms with Crippen LogP contribution in [0.5, 0.6) is 0 Å². The van der Waals surface area contributed by atoms with Crippen LogP contribution in [0, 0.1) is 0 Å². The van der Waals surface area contributed by atoms with Gasteiger partial charge < -0.3 is 0 Å². The molecule has 0 aliphatic heterocycles. The molecule has 56 valence electrons. The molecule has 0 fully saturated rings. The molecule has 0 heterocycles. The number of unbranched alkanes of at least 4 members (excludes halogenated alkanes) is 2. The molecule has 0 aromatic carbocycles. The van der Waals surface area contributed by atoms with Crippen LogP contribution in [0.1, 0.15) is 26.2 Å². The van der Waals surface area contributed by atoms with Crippen LogP contribution >= 0.6 is 0 Å². The summed E-state index contributed by atoms with van der Waals surface area (Å²) in [7, 11) is 0. The van der Waals surface area contributed by atoms with Crippen molar-refractivity contribution in [1.29, 1.82) is 0 Å². The van der Waals surface area contributed by atoms with Crippen LogP contribution in [0.15, 0.2) is 24.3 Å². The topological polar surface area (TPSA) is 17.1 Å². The predicted octanol–water partition coefficient (Wildman–Crippen LogP) is 2.49. The molecule has 0 saturated heterocycles. The third-order valence-corrected chi connectivity index (χ3v) is 1.19. The zero-order chi connectivity index (χ0) is 7.66. The Bertz CT molecular complexity index is 123. The van der Waals surface area contributed by atoms with Crippen molar-refractivity contribution in [2.45, 2.75) is 26.2 Å². The van der Waals surface area contributed by atoms with Crippen LogP contribution in [0.3, 0.4) is 0 Å². The lowest BCUT2D eigenvalue weighted by atomic mass is 10.2. The molecular formula is C9H14O. The summed E-state index contributed by atoms with van der Waals surface area (Å²) in [6.45, 7) is 2.02. The van der Waals surface area contributed by atoms with Gasteiger partial charge in [-0.1, -0.05) is 18.2 Å². The number of hydrogen-bond donors (Lipinski definition) is 0. The second-order valence-electron chi connectivity index (χ2n) is 2.06. The zero-order valence-electron chi connectivity index (χ0n) is 6.42. The van der Waals surface area contributed by atoms with Gasteiger partial charge in [-0.3, -0.25) is 4.79 Å². The number of aldehydes is 1. The summed E-state index contributed by atoms with van der Waals surface area (Å²) in [6, 6.07) is 0. The molecule has 0 radical (unpaired) electrons. The van der Waals surface area contributed by atoms with Crippen LogP contribution in [-0.4, -0.2) is 6.29 Å². The van der Waals surface area contributed by atoms with Crippen molar-refractivity contribution < 1.29 is 4.79 Å². The average molecular weight is 138 g/mol. The molecule has 0 aliphatic rings. The maximum absolute atomic E-state index is 9.79. The van der Waals surface area contributed by atoms with Gasteiger partial charge in [-0.15, -0.1) is 0 Å². The van der Waals surface area contributed by atoms with Crippen LogP contribution in [0.25, 0.3) is 0 Å². The summed E-state index contributed by atoms with van der Waals surface area (Å²) >= 11 is 0. The van der Waals surface area contributed by atoms with E-state index in [4.69, 9.17) is 0 Å². The Kier molecular flexibility index (Phi) is 7.46. The molecule has 0 N–H and O–H groups in total. The Morgan fingerprint density at radius 3 is 2.50 bits per heavy atom. The van der Waals surface area contributed by atoms with E-state index >= 15 is 0 Å². The van der Waals surface area contributed by atoms with Gasteiger partial charge in [0.15, 0.2) is 0 Å². The smallest absolute Gasteiger partial charge is 0.142 e. The van der Waals surface area contributed by atoms with Gasteiger partial charge in [0.2, 0.25) is 0 Å². The van der Waals surface area contributed by atoms with E-state index < -0.39 is 0 Å². The minimum Gasteiger partial charge on any atom is -0.299 e. The lowest BCUT2D eigenvalue weighted by Crippen LogP contribution is -1.68. The van der Waals surface area contributed by atoms with Crippen LogP contribution < -0.4 is 0 Å². The number of allylic oxidation sites excluding steroid dienone is 4. The van der Waals surface area contributed by atoms with E-state index in [0.717, 1.165) is 25.5 Å². The second kappa shape index (κ2) is 8.15. The van der Waals surface area contributed by atoms with Crippen molar-refractivity contribution in [2.75, 3.05) is 0 Å². The lowest BCUT2D eigenvalue weighted by Gasteiger charge is -1.86. The Labute approximate surface area is 62.4 Å². The Hall–Kier alpha value is -0.850. The fourth-order valence-electron chi connectivity index (χ4n) is 0.672. The molecular weight excluding hydrogens is 124 g/mol. The summed E-state index contributed by atoms with van der Waals surface area (Å²) in [5, 5.41) is 0. The van der Waals surface area contributed by atoms with E-state index in [-0.39, 0.29) is 0 Å². The van der Waals surface area contributed by atoms with Crippen molar-refractivity contribution in [1.82, 2.24) is 0 Å². The average Bonchev–Trinajstić information content (AvgIpc) is 1.97. The Balaban J connectivity index is 3.04. The maximum atomic E-state index is 9.79. The first-order valence-corrected chi connectivity index (χ1v) is 3.63. The standard InChI is InChI=1S/C9H14O/c1-2-3-4-5-6-7-8-9-10/h2-3,7-9H,4-6H2,1H3. The Morgan fingerprint density at radius 1 is 1.20 bits per heavy atom. The third kappa shape index (κ3) is 7.15. The fourth-order valence-corrected chi connectivity index (χ4v) is 0.672. The number of carbonyl (C=O) groups is 1. The van der Waals surface area contributed by atoms with Crippen molar-refractivity contribution in [3.05, 3.63) is 24.3 Å². The van der Waals surface area contributed by atoms with Crippen molar-refractivity contribution in [2.24, 2.45) is 0 Å². The Morgan fingerprint density at radius 2 is 1.90 bits per heavy atom. The van der Waals surface area contributed by atoms with Crippen LogP contribution in [-0.2, 0) is 4.79 Å². The SMILES string of the molecule is CC=CCCCC=CC=O. The van der Waals surface area contributed by atoms with Gasteiger partial charge in [0.1, 0.15) is 6.29 Å². The molecule has 10 heavy (non-hydrogen) atoms. The van der Waals surface area contributed by atoms with Crippen molar-refractivity contribution in [3.63, 3.8) is 0 Å². The monoisotopic (exact) mass is 138 g/mol. The van der Waals surface area contributed by atoms with E-state index in [9.17, 15) is 4.79 Å². The van der Waals surface area contributed by atoms with Crippen LogP contribution in [0.4, 0.5) is 0 Å². The molecule has 0 aromatic heterocycles. The molecule has 1 heteroatoms. The zero-order valence-corrected chi connectivity index (χ0v) is 6.42. The van der Waals surface area contributed by atoms with E-state index in [1.807, 2.05) is 19.1 Å². The molecule has 0 amide bonds. The lowest BCUT2D eigenvalue weighted by molar-refractivity contribution is -0.104. The highest BCUT2D eigenvalue weighted by Crippen LogP contribution is 1.96. The molecule has 0 bridgehead atoms. The molecule has 0 aromatic rings. The summed E-state index contributed by atoms with van der Waals surface area (Å²) in [6.07, 6.45) is 11.7. The molecule has 1 nitrogen and oxygen atoms in total. The van der Waals surface area contributed by atoms with Gasteiger partial charge in [0.25, 0.3) is 0 Å². The number of rotatable bonds is 5. The molecule has 0 unspecified atom stereocenters. The van der Waals surface area contributed by atoms with Gasteiger partial charge in [-0.25, -0.2) is 0 Å². The normalized spacial score (nSPS) is 11.3. The highest BCUT2D eigenvalue weighted by molar-refractivity contribution is 5.64. The van der Waals surface area contributed by atoms with Gasteiger partial charge >= 0.3 is 0 Å². The maximum Gasteiger partial charge on any atom is 0.142 e. The first-order chi connectivity index (χ1) is 4.91. The van der Waals surface area contributed by atoms with E-state index in [2.05, 4.69) is 6.08 Å². The molecule has 0 rings (SSSR count). The van der Waals surface area contributed by atoms with E-state index in [1.165, 1.54) is 0 Å². The van der Waals surface area contributed by atoms with Crippen LogP contribution in [0.2, 0.25) is 0 Å². The highest BCUT2D eigenvalue weighted by Gasteiger charge is 1.77. The van der Waals surface area contributed by atoms with Gasteiger partial charge in [-0.05, 0) is 32.3 Å². The third-order valence-electron chi connectivity index (χ3n) is 1.19. The fraction of sp³-hybridized carbons (Fsp3) is 0.444. The van der Waals surface area contributed by atoms with Gasteiger partial charge in [0, 0.05) is 0 Å². The number of hydrogen-bond acceptors (Lipinski definition) is 1. The minimum absolute atomic E-state index is 0.815. The van der Waals surface area contributed by atoms with E-state index in [1.54, 1.807) is 6.08 Å². The summed E-state index contributed by atoms with van der Waals surface area (Å²) < 4.78 is 0. The van der Waals surface area contributed by atoms with E-state index in [0.29, 0.717) is 0 Å². The number of carbonyl (C=O) groups excluding carboxylic acids is 1. The predicted molar refractivity (Wildman–Crippen MR) is 43.9 cm³/mol. The highest BCUT2D eigenvalue weighted by atomic mass is 16.1. The minimum atomic E-state index is 0.815. The summed E-state index contributed by atoms with van der Waals surface area (Å²) in [5.41, 5.74) is 0. The molecule has 0 saturated carbocycles. The second-order valence-corrected chi connectivity index (χ2v) is 2.06. The van der Waals surface area contributed by atoms with Gasteiger partial charge in [-0.2, -0.15) is 0 Å². The molecule has 0 spiro atoms. The summed E-state index contributed by atoms with van der Waals surface area (Å²) in [4.78, 5) is 9.79. The largest absolute Gasteiger partial charge is 0.299 e. The summed E-state index contributed by atoms with van der Waals surface area (Å²) in [5.74, 6) is 0. The van der Waals surface area contributed by atoms with Crippen molar-refractivity contribution >= 4 is 6.29 Å².